The van der Waals surface area contributed by atoms with Crippen LogP contribution in [0.5, 0.6) is 0 Å². The number of nitrogens with zero attached hydrogens (tertiary/aromatic N) is 3. The van der Waals surface area contributed by atoms with Gasteiger partial charge >= 0.3 is 0 Å². The van der Waals surface area contributed by atoms with Crippen LogP contribution in [-0.4, -0.2) is 28.8 Å². The summed E-state index contributed by atoms with van der Waals surface area (Å²) in [4.78, 5) is 7.94. The topological polar surface area (TPSA) is 60.1 Å². The van der Waals surface area contributed by atoms with Crippen molar-refractivity contribution in [3.63, 3.8) is 0 Å². The van der Waals surface area contributed by atoms with Gasteiger partial charge in [-0.1, -0.05) is 55.5 Å². The van der Waals surface area contributed by atoms with E-state index in [9.17, 15) is 10.4 Å². The number of nitriles is 1. The molecule has 4 rings (SSSR count). The van der Waals surface area contributed by atoms with Crippen molar-refractivity contribution in [2.45, 2.75) is 45.2 Å². The SMILES string of the molecule is CCc1nc(N2[C@H](CO)[C@H](c3ccccc3-c3ccccc3C)[C@@H]2C#N)sc1C. The summed E-state index contributed by atoms with van der Waals surface area (Å²) in [5.41, 5.74) is 5.70. The molecule has 1 N–H and O–H groups in total. The minimum atomic E-state index is -0.340. The van der Waals surface area contributed by atoms with Crippen molar-refractivity contribution in [3.05, 3.63) is 70.2 Å². The molecule has 0 aliphatic carbocycles. The van der Waals surface area contributed by atoms with E-state index in [1.54, 1.807) is 11.3 Å². The number of hydrogen-bond acceptors (Lipinski definition) is 5. The second kappa shape index (κ2) is 7.98. The molecule has 3 aromatic rings. The molecule has 29 heavy (non-hydrogen) atoms. The fraction of sp³-hybridized carbons (Fsp3) is 0.333. The van der Waals surface area contributed by atoms with Crippen molar-refractivity contribution >= 4 is 16.5 Å². The number of thiazole rings is 1. The fourth-order valence-corrected chi connectivity index (χ4v) is 5.49. The number of aliphatic hydroxyl groups is 1. The Morgan fingerprint density at radius 1 is 1.10 bits per heavy atom. The van der Waals surface area contributed by atoms with E-state index in [0.29, 0.717) is 0 Å². The van der Waals surface area contributed by atoms with Gasteiger partial charge in [-0.05, 0) is 42.5 Å². The lowest BCUT2D eigenvalue weighted by atomic mass is 9.73. The van der Waals surface area contributed by atoms with Crippen molar-refractivity contribution in [1.29, 1.82) is 5.26 Å². The number of anilines is 1. The van der Waals surface area contributed by atoms with E-state index in [-0.39, 0.29) is 24.6 Å². The normalized spacial score (nSPS) is 20.9. The standard InChI is InChI=1S/C24H25N3OS/c1-4-20-16(3)29-24(26-20)27-21(13-25)23(22(27)14-28)19-12-8-7-11-18(19)17-10-6-5-9-15(17)2/h5-12,21-23,28H,4,14H2,1-3H3/t21-,22+,23+/m0/s1. The number of aryl methyl sites for hydroxylation is 3. The molecule has 4 nitrogen and oxygen atoms in total. The number of aromatic nitrogens is 1. The summed E-state index contributed by atoms with van der Waals surface area (Å²) in [6.45, 7) is 6.26. The van der Waals surface area contributed by atoms with Crippen LogP contribution in [0.25, 0.3) is 11.1 Å². The Hall–Kier alpha value is -2.68. The molecule has 0 bridgehead atoms. The van der Waals surface area contributed by atoms with Gasteiger partial charge < -0.3 is 10.0 Å². The van der Waals surface area contributed by atoms with Gasteiger partial charge in [0, 0.05) is 10.8 Å². The predicted octanol–water partition coefficient (Wildman–Crippen LogP) is 4.85. The molecule has 1 fully saturated rings. The predicted molar refractivity (Wildman–Crippen MR) is 118 cm³/mol. The molecule has 0 radical (unpaired) electrons. The summed E-state index contributed by atoms with van der Waals surface area (Å²) in [5.74, 6) is -0.0601. The van der Waals surface area contributed by atoms with E-state index in [0.717, 1.165) is 28.4 Å². The maximum Gasteiger partial charge on any atom is 0.187 e. The summed E-state index contributed by atoms with van der Waals surface area (Å²) in [5, 5.41) is 21.1. The van der Waals surface area contributed by atoms with Gasteiger partial charge in [-0.3, -0.25) is 0 Å². The average molecular weight is 404 g/mol. The van der Waals surface area contributed by atoms with Crippen LogP contribution < -0.4 is 4.90 Å². The highest BCUT2D eigenvalue weighted by molar-refractivity contribution is 7.15. The Bertz CT molecular complexity index is 1070. The molecule has 3 atom stereocenters. The Balaban J connectivity index is 1.77. The van der Waals surface area contributed by atoms with Crippen LogP contribution in [0, 0.1) is 25.2 Å². The van der Waals surface area contributed by atoms with E-state index in [1.807, 2.05) is 29.2 Å². The zero-order valence-corrected chi connectivity index (χ0v) is 17.8. The van der Waals surface area contributed by atoms with Crippen molar-refractivity contribution in [1.82, 2.24) is 4.98 Å². The Labute approximate surface area is 176 Å². The Morgan fingerprint density at radius 3 is 2.41 bits per heavy atom. The number of aliphatic hydroxyl groups excluding tert-OH is 1. The maximum atomic E-state index is 10.2. The van der Waals surface area contributed by atoms with E-state index < -0.39 is 0 Å². The first kappa shape index (κ1) is 19.6. The van der Waals surface area contributed by atoms with Gasteiger partial charge in [-0.2, -0.15) is 5.26 Å². The van der Waals surface area contributed by atoms with Crippen LogP contribution in [0.4, 0.5) is 5.13 Å². The van der Waals surface area contributed by atoms with Crippen LogP contribution in [0.1, 0.15) is 34.5 Å². The third kappa shape index (κ3) is 3.23. The van der Waals surface area contributed by atoms with Gasteiger partial charge in [-0.15, -0.1) is 11.3 Å². The second-order valence-corrected chi connectivity index (χ2v) is 8.69. The zero-order valence-electron chi connectivity index (χ0n) is 17.0. The van der Waals surface area contributed by atoms with Crippen LogP contribution in [-0.2, 0) is 6.42 Å². The minimum Gasteiger partial charge on any atom is -0.394 e. The molecule has 1 aliphatic heterocycles. The smallest absolute Gasteiger partial charge is 0.187 e. The molecule has 2 heterocycles. The molecule has 1 aliphatic rings. The highest BCUT2D eigenvalue weighted by atomic mass is 32.1. The van der Waals surface area contributed by atoms with Crippen molar-refractivity contribution in [2.75, 3.05) is 11.5 Å². The lowest BCUT2D eigenvalue weighted by Crippen LogP contribution is -2.63. The van der Waals surface area contributed by atoms with Crippen LogP contribution in [0.2, 0.25) is 0 Å². The van der Waals surface area contributed by atoms with Crippen LogP contribution in [0.15, 0.2) is 48.5 Å². The van der Waals surface area contributed by atoms with E-state index in [4.69, 9.17) is 4.98 Å². The van der Waals surface area contributed by atoms with Gasteiger partial charge in [-0.25, -0.2) is 4.98 Å². The summed E-state index contributed by atoms with van der Waals surface area (Å²) >= 11 is 1.61. The number of benzene rings is 2. The minimum absolute atomic E-state index is 0.00889. The highest BCUT2D eigenvalue weighted by Crippen LogP contribution is 2.47. The van der Waals surface area contributed by atoms with Gasteiger partial charge in [0.1, 0.15) is 6.04 Å². The molecule has 1 aromatic heterocycles. The molecule has 0 amide bonds. The fourth-order valence-electron chi connectivity index (χ4n) is 4.40. The quantitative estimate of drug-likeness (QED) is 0.662. The van der Waals surface area contributed by atoms with Crippen molar-refractivity contribution < 1.29 is 5.11 Å². The zero-order chi connectivity index (χ0) is 20.5. The molecule has 5 heteroatoms. The Morgan fingerprint density at radius 2 is 1.79 bits per heavy atom. The summed E-state index contributed by atoms with van der Waals surface area (Å²) in [6, 6.07) is 18.6. The van der Waals surface area contributed by atoms with Gasteiger partial charge in [0.15, 0.2) is 5.13 Å². The second-order valence-electron chi connectivity index (χ2n) is 7.51. The summed E-state index contributed by atoms with van der Waals surface area (Å²) < 4.78 is 0. The molecule has 2 aromatic carbocycles. The first-order valence-electron chi connectivity index (χ1n) is 10.0. The molecular formula is C24H25N3OS. The molecule has 0 spiro atoms. The average Bonchev–Trinajstić information content (AvgIpc) is 3.08. The third-order valence-electron chi connectivity index (χ3n) is 5.92. The monoisotopic (exact) mass is 403 g/mol. The van der Waals surface area contributed by atoms with Gasteiger partial charge in [0.05, 0.1) is 24.4 Å². The van der Waals surface area contributed by atoms with Gasteiger partial charge in [0.2, 0.25) is 0 Å². The largest absolute Gasteiger partial charge is 0.394 e. The van der Waals surface area contributed by atoms with E-state index in [2.05, 4.69) is 51.1 Å². The molecule has 148 valence electrons. The molecule has 0 saturated carbocycles. The molecular weight excluding hydrogens is 378 g/mol. The lowest BCUT2D eigenvalue weighted by Gasteiger charge is -2.52. The third-order valence-corrected chi connectivity index (χ3v) is 6.95. The molecule has 1 saturated heterocycles. The van der Waals surface area contributed by atoms with Crippen molar-refractivity contribution in [2.24, 2.45) is 0 Å². The maximum absolute atomic E-state index is 10.2. The number of hydrogen-bond donors (Lipinski definition) is 1. The van der Waals surface area contributed by atoms with Gasteiger partial charge in [0.25, 0.3) is 0 Å². The summed E-state index contributed by atoms with van der Waals surface area (Å²) in [7, 11) is 0. The highest BCUT2D eigenvalue weighted by Gasteiger charge is 2.51. The van der Waals surface area contributed by atoms with E-state index >= 15 is 0 Å². The molecule has 0 unspecified atom stereocenters. The lowest BCUT2D eigenvalue weighted by molar-refractivity contribution is 0.188. The van der Waals surface area contributed by atoms with Crippen LogP contribution in [0.3, 0.4) is 0 Å². The Kier molecular flexibility index (Phi) is 5.40. The number of rotatable bonds is 5. The van der Waals surface area contributed by atoms with Crippen molar-refractivity contribution in [3.8, 4) is 17.2 Å². The van der Waals surface area contributed by atoms with Crippen LogP contribution >= 0.6 is 11.3 Å². The first-order valence-corrected chi connectivity index (χ1v) is 10.8. The van der Waals surface area contributed by atoms with E-state index in [1.165, 1.54) is 16.0 Å². The first-order chi connectivity index (χ1) is 14.1. The summed E-state index contributed by atoms with van der Waals surface area (Å²) in [6.07, 6.45) is 0.872.